The summed E-state index contributed by atoms with van der Waals surface area (Å²) in [5.74, 6) is -0.688. The van der Waals surface area contributed by atoms with Gasteiger partial charge in [-0.3, -0.25) is 4.79 Å². The molecule has 1 N–H and O–H groups in total. The lowest BCUT2D eigenvalue weighted by Gasteiger charge is -2.25. The molecular formula is C10H21NO2. The molecule has 3 heteroatoms. The van der Waals surface area contributed by atoms with Gasteiger partial charge >= 0.3 is 5.97 Å². The van der Waals surface area contributed by atoms with Crippen molar-refractivity contribution in [3.63, 3.8) is 0 Å². The lowest BCUT2D eigenvalue weighted by Crippen LogP contribution is -2.32. The fourth-order valence-corrected chi connectivity index (χ4v) is 1.58. The first-order valence-corrected chi connectivity index (χ1v) is 5.07. The molecule has 0 saturated heterocycles. The molecule has 0 amide bonds. The predicted octanol–water partition coefficient (Wildman–Crippen LogP) is 1.97. The van der Waals surface area contributed by atoms with Crippen LogP contribution in [0.2, 0.25) is 0 Å². The number of nitrogens with zero attached hydrogens (tertiary/aromatic N) is 1. The van der Waals surface area contributed by atoms with E-state index < -0.39 is 5.97 Å². The Bertz CT molecular complexity index is 144. The molecule has 0 saturated carbocycles. The Morgan fingerprint density at radius 1 is 1.38 bits per heavy atom. The van der Waals surface area contributed by atoms with E-state index >= 15 is 0 Å². The molecule has 3 nitrogen and oxygen atoms in total. The molecule has 0 bridgehead atoms. The first-order valence-electron chi connectivity index (χ1n) is 5.07. The zero-order chi connectivity index (χ0) is 10.3. The molecule has 0 spiro atoms. The minimum atomic E-state index is -0.688. The number of rotatable bonds is 7. The van der Waals surface area contributed by atoms with Crippen LogP contribution in [0.1, 0.15) is 40.0 Å². The largest absolute Gasteiger partial charge is 0.481 e. The molecule has 0 rings (SSSR count). The first-order chi connectivity index (χ1) is 6.11. The van der Waals surface area contributed by atoms with Crippen molar-refractivity contribution >= 4 is 5.97 Å². The maximum absolute atomic E-state index is 10.3. The summed E-state index contributed by atoms with van der Waals surface area (Å²) in [6.07, 6.45) is 2.06. The molecule has 0 aromatic rings. The topological polar surface area (TPSA) is 40.5 Å². The van der Waals surface area contributed by atoms with E-state index in [-0.39, 0.29) is 0 Å². The van der Waals surface area contributed by atoms with Crippen LogP contribution >= 0.6 is 0 Å². The maximum atomic E-state index is 10.3. The van der Waals surface area contributed by atoms with E-state index in [1.165, 1.54) is 0 Å². The standard InChI is InChI=1S/C10H21NO2/c1-4-11(5-2)9(3)7-6-8-10(12)13/h9H,4-8H2,1-3H3,(H,12,13). The summed E-state index contributed by atoms with van der Waals surface area (Å²) < 4.78 is 0. The molecular weight excluding hydrogens is 166 g/mol. The zero-order valence-corrected chi connectivity index (χ0v) is 8.92. The minimum Gasteiger partial charge on any atom is -0.481 e. The highest BCUT2D eigenvalue weighted by atomic mass is 16.4. The Morgan fingerprint density at radius 2 is 1.92 bits per heavy atom. The first kappa shape index (κ1) is 12.4. The smallest absolute Gasteiger partial charge is 0.303 e. The summed E-state index contributed by atoms with van der Waals surface area (Å²) in [4.78, 5) is 12.6. The van der Waals surface area contributed by atoms with Gasteiger partial charge in [-0.25, -0.2) is 0 Å². The van der Waals surface area contributed by atoms with Crippen LogP contribution < -0.4 is 0 Å². The van der Waals surface area contributed by atoms with Crippen LogP contribution in [0.4, 0.5) is 0 Å². The highest BCUT2D eigenvalue weighted by Gasteiger charge is 2.09. The van der Waals surface area contributed by atoms with Crippen LogP contribution in [0.15, 0.2) is 0 Å². The van der Waals surface area contributed by atoms with Gasteiger partial charge in [0.25, 0.3) is 0 Å². The van der Waals surface area contributed by atoms with Crippen LogP contribution in [0.3, 0.4) is 0 Å². The van der Waals surface area contributed by atoms with Crippen molar-refractivity contribution in [1.29, 1.82) is 0 Å². The van der Waals surface area contributed by atoms with E-state index in [0.29, 0.717) is 12.5 Å². The molecule has 0 aromatic carbocycles. The number of hydrogen-bond acceptors (Lipinski definition) is 2. The van der Waals surface area contributed by atoms with E-state index in [9.17, 15) is 4.79 Å². The van der Waals surface area contributed by atoms with Gasteiger partial charge < -0.3 is 10.0 Å². The number of hydrogen-bond donors (Lipinski definition) is 1. The van der Waals surface area contributed by atoms with Gasteiger partial charge in [0.15, 0.2) is 0 Å². The molecule has 0 aromatic heterocycles. The summed E-state index contributed by atoms with van der Waals surface area (Å²) in [6, 6.07) is 0.509. The number of aliphatic carboxylic acids is 1. The summed E-state index contributed by atoms with van der Waals surface area (Å²) in [5.41, 5.74) is 0. The minimum absolute atomic E-state index is 0.297. The van der Waals surface area contributed by atoms with Gasteiger partial charge in [-0.05, 0) is 32.9 Å². The predicted molar refractivity (Wildman–Crippen MR) is 53.9 cm³/mol. The van der Waals surface area contributed by atoms with Crippen molar-refractivity contribution in [3.05, 3.63) is 0 Å². The van der Waals surface area contributed by atoms with Gasteiger partial charge in [-0.1, -0.05) is 13.8 Å². The third-order valence-electron chi connectivity index (χ3n) is 2.45. The quantitative estimate of drug-likeness (QED) is 0.662. The van der Waals surface area contributed by atoms with E-state index in [4.69, 9.17) is 5.11 Å². The monoisotopic (exact) mass is 187 g/mol. The van der Waals surface area contributed by atoms with Crippen molar-refractivity contribution in [2.75, 3.05) is 13.1 Å². The molecule has 1 unspecified atom stereocenters. The van der Waals surface area contributed by atoms with Gasteiger partial charge in [-0.15, -0.1) is 0 Å². The van der Waals surface area contributed by atoms with Crippen LogP contribution in [-0.4, -0.2) is 35.1 Å². The zero-order valence-electron chi connectivity index (χ0n) is 8.92. The Labute approximate surface area is 80.7 Å². The fourth-order valence-electron chi connectivity index (χ4n) is 1.58. The Hall–Kier alpha value is -0.570. The van der Waals surface area contributed by atoms with Gasteiger partial charge in [0.05, 0.1) is 0 Å². The Balaban J connectivity index is 3.59. The SMILES string of the molecule is CCN(CC)C(C)CCCC(=O)O. The highest BCUT2D eigenvalue weighted by Crippen LogP contribution is 2.07. The molecule has 0 aliphatic carbocycles. The van der Waals surface area contributed by atoms with E-state index in [1.54, 1.807) is 0 Å². The van der Waals surface area contributed by atoms with Gasteiger partial charge in [0, 0.05) is 12.5 Å². The van der Waals surface area contributed by atoms with Gasteiger partial charge in [-0.2, -0.15) is 0 Å². The average molecular weight is 187 g/mol. The lowest BCUT2D eigenvalue weighted by molar-refractivity contribution is -0.137. The summed E-state index contributed by atoms with van der Waals surface area (Å²) in [5, 5.41) is 8.47. The van der Waals surface area contributed by atoms with Crippen molar-refractivity contribution in [3.8, 4) is 0 Å². The number of carboxylic acids is 1. The van der Waals surface area contributed by atoms with E-state index in [0.717, 1.165) is 25.9 Å². The van der Waals surface area contributed by atoms with E-state index in [2.05, 4.69) is 25.7 Å². The molecule has 0 radical (unpaired) electrons. The third kappa shape index (κ3) is 5.64. The Morgan fingerprint density at radius 3 is 2.31 bits per heavy atom. The van der Waals surface area contributed by atoms with Crippen LogP contribution in [-0.2, 0) is 4.79 Å². The summed E-state index contributed by atoms with van der Waals surface area (Å²) in [6.45, 7) is 8.53. The second-order valence-corrected chi connectivity index (χ2v) is 3.36. The normalized spacial score (nSPS) is 13.2. The number of carbonyl (C=O) groups is 1. The molecule has 0 aliphatic heterocycles. The molecule has 0 heterocycles. The molecule has 1 atom stereocenters. The van der Waals surface area contributed by atoms with Crippen molar-refractivity contribution in [1.82, 2.24) is 4.90 Å². The molecule has 78 valence electrons. The van der Waals surface area contributed by atoms with Gasteiger partial charge in [0.1, 0.15) is 0 Å². The molecule has 0 fully saturated rings. The van der Waals surface area contributed by atoms with E-state index in [1.807, 2.05) is 0 Å². The van der Waals surface area contributed by atoms with Crippen LogP contribution in [0.25, 0.3) is 0 Å². The lowest BCUT2D eigenvalue weighted by atomic mass is 10.1. The second-order valence-electron chi connectivity index (χ2n) is 3.36. The summed E-state index contributed by atoms with van der Waals surface area (Å²) >= 11 is 0. The second kappa shape index (κ2) is 6.89. The van der Waals surface area contributed by atoms with Crippen LogP contribution in [0.5, 0.6) is 0 Å². The number of carboxylic acid groups (broad SMARTS) is 1. The fraction of sp³-hybridized carbons (Fsp3) is 0.900. The maximum Gasteiger partial charge on any atom is 0.303 e. The van der Waals surface area contributed by atoms with Crippen molar-refractivity contribution in [2.24, 2.45) is 0 Å². The Kier molecular flexibility index (Phi) is 6.59. The molecule has 13 heavy (non-hydrogen) atoms. The third-order valence-corrected chi connectivity index (χ3v) is 2.45. The highest BCUT2D eigenvalue weighted by molar-refractivity contribution is 5.66. The van der Waals surface area contributed by atoms with Crippen LogP contribution in [0, 0.1) is 0 Å². The molecule has 0 aliphatic rings. The summed E-state index contributed by atoms with van der Waals surface area (Å²) in [7, 11) is 0. The van der Waals surface area contributed by atoms with Gasteiger partial charge in [0.2, 0.25) is 0 Å². The van der Waals surface area contributed by atoms with Crippen molar-refractivity contribution in [2.45, 2.75) is 46.1 Å². The average Bonchev–Trinajstić information content (AvgIpc) is 2.05. The van der Waals surface area contributed by atoms with Crippen molar-refractivity contribution < 1.29 is 9.90 Å².